The van der Waals surface area contributed by atoms with Crippen LogP contribution in [0.15, 0.2) is 18.2 Å². The summed E-state index contributed by atoms with van der Waals surface area (Å²) in [5.41, 5.74) is 9.57. The SMILES string of the molecule is CCCn1c(C2(C)CCCC2)nc2cc(CN)ccc21. The zero-order valence-corrected chi connectivity index (χ0v) is 12.7. The molecule has 1 aromatic heterocycles. The van der Waals surface area contributed by atoms with Crippen LogP contribution in [0.4, 0.5) is 0 Å². The van der Waals surface area contributed by atoms with E-state index in [1.807, 2.05) is 0 Å². The van der Waals surface area contributed by atoms with E-state index in [1.54, 1.807) is 0 Å². The maximum atomic E-state index is 5.76. The van der Waals surface area contributed by atoms with Gasteiger partial charge in [-0.3, -0.25) is 0 Å². The van der Waals surface area contributed by atoms with Crippen molar-refractivity contribution in [3.63, 3.8) is 0 Å². The molecule has 3 heteroatoms. The Kier molecular flexibility index (Phi) is 3.55. The second-order valence-electron chi connectivity index (χ2n) is 6.38. The van der Waals surface area contributed by atoms with Crippen LogP contribution in [-0.2, 0) is 18.5 Å². The minimum absolute atomic E-state index is 0.261. The van der Waals surface area contributed by atoms with Crippen LogP contribution >= 0.6 is 0 Å². The van der Waals surface area contributed by atoms with Crippen LogP contribution in [0, 0.1) is 0 Å². The van der Waals surface area contributed by atoms with Crippen molar-refractivity contribution in [1.82, 2.24) is 9.55 Å². The second kappa shape index (κ2) is 5.21. The minimum atomic E-state index is 0.261. The summed E-state index contributed by atoms with van der Waals surface area (Å²) < 4.78 is 2.45. The third-order valence-electron chi connectivity index (χ3n) is 4.74. The van der Waals surface area contributed by atoms with Crippen LogP contribution in [0.5, 0.6) is 0 Å². The second-order valence-corrected chi connectivity index (χ2v) is 6.38. The van der Waals surface area contributed by atoms with E-state index in [-0.39, 0.29) is 5.41 Å². The van der Waals surface area contributed by atoms with Crippen LogP contribution in [0.3, 0.4) is 0 Å². The van der Waals surface area contributed by atoms with Crippen LogP contribution in [0.1, 0.15) is 57.3 Å². The summed E-state index contributed by atoms with van der Waals surface area (Å²) in [6, 6.07) is 6.49. The van der Waals surface area contributed by atoms with Crippen LogP contribution < -0.4 is 5.73 Å². The van der Waals surface area contributed by atoms with Crippen molar-refractivity contribution >= 4 is 11.0 Å². The topological polar surface area (TPSA) is 43.8 Å². The fourth-order valence-electron chi connectivity index (χ4n) is 3.59. The fraction of sp³-hybridized carbons (Fsp3) is 0.588. The van der Waals surface area contributed by atoms with Gasteiger partial charge in [-0.2, -0.15) is 0 Å². The van der Waals surface area contributed by atoms with Gasteiger partial charge in [0.15, 0.2) is 0 Å². The molecule has 0 aliphatic heterocycles. The Morgan fingerprint density at radius 2 is 2.05 bits per heavy atom. The number of aryl methyl sites for hydroxylation is 1. The van der Waals surface area contributed by atoms with Gasteiger partial charge in [0.25, 0.3) is 0 Å². The van der Waals surface area contributed by atoms with E-state index in [2.05, 4.69) is 36.6 Å². The van der Waals surface area contributed by atoms with Gasteiger partial charge in [0.05, 0.1) is 11.0 Å². The largest absolute Gasteiger partial charge is 0.328 e. The predicted molar refractivity (Wildman–Crippen MR) is 83.7 cm³/mol. The Balaban J connectivity index is 2.16. The van der Waals surface area contributed by atoms with E-state index < -0.39 is 0 Å². The van der Waals surface area contributed by atoms with Crippen LogP contribution in [0.25, 0.3) is 11.0 Å². The molecule has 0 atom stereocenters. The predicted octanol–water partition coefficient (Wildman–Crippen LogP) is 3.74. The van der Waals surface area contributed by atoms with E-state index in [9.17, 15) is 0 Å². The Morgan fingerprint density at radius 3 is 2.70 bits per heavy atom. The maximum absolute atomic E-state index is 5.76. The summed E-state index contributed by atoms with van der Waals surface area (Å²) in [5, 5.41) is 0. The number of hydrogen-bond donors (Lipinski definition) is 1. The number of rotatable bonds is 4. The highest BCUT2D eigenvalue weighted by atomic mass is 15.1. The first-order chi connectivity index (χ1) is 9.68. The van der Waals surface area contributed by atoms with Crippen LogP contribution in [-0.4, -0.2) is 9.55 Å². The van der Waals surface area contributed by atoms with E-state index in [1.165, 1.54) is 42.6 Å². The molecule has 1 aliphatic rings. The van der Waals surface area contributed by atoms with E-state index in [0.717, 1.165) is 18.5 Å². The molecule has 1 saturated carbocycles. The summed E-state index contributed by atoms with van der Waals surface area (Å²) in [4.78, 5) is 5.00. The number of benzene rings is 1. The zero-order chi connectivity index (χ0) is 14.2. The van der Waals surface area contributed by atoms with Gasteiger partial charge in [0.1, 0.15) is 5.82 Å². The molecule has 3 nitrogen and oxygen atoms in total. The average molecular weight is 271 g/mol. The summed E-state index contributed by atoms with van der Waals surface area (Å²) >= 11 is 0. The molecule has 1 fully saturated rings. The van der Waals surface area contributed by atoms with Crippen molar-refractivity contribution in [2.75, 3.05) is 0 Å². The number of hydrogen-bond acceptors (Lipinski definition) is 2. The van der Waals surface area contributed by atoms with Crippen molar-refractivity contribution in [2.45, 2.75) is 64.5 Å². The molecule has 0 bridgehead atoms. The van der Waals surface area contributed by atoms with E-state index >= 15 is 0 Å². The summed E-state index contributed by atoms with van der Waals surface area (Å²) in [6.45, 7) is 6.27. The molecule has 0 amide bonds. The molecule has 108 valence electrons. The number of nitrogens with zero attached hydrogens (tertiary/aromatic N) is 2. The first kappa shape index (κ1) is 13.6. The maximum Gasteiger partial charge on any atom is 0.115 e. The molecular weight excluding hydrogens is 246 g/mol. The highest BCUT2D eigenvalue weighted by molar-refractivity contribution is 5.77. The van der Waals surface area contributed by atoms with Crippen LogP contribution in [0.2, 0.25) is 0 Å². The summed E-state index contributed by atoms with van der Waals surface area (Å²) in [5.74, 6) is 1.29. The Bertz CT molecular complexity index is 606. The number of fused-ring (bicyclic) bond motifs is 1. The van der Waals surface area contributed by atoms with E-state index in [0.29, 0.717) is 6.54 Å². The Morgan fingerprint density at radius 1 is 1.30 bits per heavy atom. The molecule has 1 aromatic carbocycles. The van der Waals surface area contributed by atoms with Crippen molar-refractivity contribution in [2.24, 2.45) is 5.73 Å². The first-order valence-corrected chi connectivity index (χ1v) is 7.87. The Hall–Kier alpha value is -1.35. The molecule has 20 heavy (non-hydrogen) atoms. The van der Waals surface area contributed by atoms with Crippen molar-refractivity contribution in [3.05, 3.63) is 29.6 Å². The summed E-state index contributed by atoms with van der Waals surface area (Å²) in [6.07, 6.45) is 6.35. The summed E-state index contributed by atoms with van der Waals surface area (Å²) in [7, 11) is 0. The smallest absolute Gasteiger partial charge is 0.115 e. The van der Waals surface area contributed by atoms with Crippen molar-refractivity contribution < 1.29 is 0 Å². The molecule has 0 radical (unpaired) electrons. The van der Waals surface area contributed by atoms with Gasteiger partial charge in [-0.05, 0) is 37.0 Å². The van der Waals surface area contributed by atoms with Crippen molar-refractivity contribution in [1.29, 1.82) is 0 Å². The number of nitrogens with two attached hydrogens (primary N) is 1. The lowest BCUT2D eigenvalue weighted by atomic mass is 9.88. The van der Waals surface area contributed by atoms with Gasteiger partial charge >= 0.3 is 0 Å². The molecular formula is C17H25N3. The normalized spacial score (nSPS) is 17.9. The highest BCUT2D eigenvalue weighted by Crippen LogP contribution is 2.41. The zero-order valence-electron chi connectivity index (χ0n) is 12.7. The monoisotopic (exact) mass is 271 g/mol. The molecule has 3 rings (SSSR count). The minimum Gasteiger partial charge on any atom is -0.328 e. The molecule has 2 N–H and O–H groups in total. The third-order valence-corrected chi connectivity index (χ3v) is 4.74. The fourth-order valence-corrected chi connectivity index (χ4v) is 3.59. The highest BCUT2D eigenvalue weighted by Gasteiger charge is 2.35. The molecule has 0 unspecified atom stereocenters. The van der Waals surface area contributed by atoms with E-state index in [4.69, 9.17) is 10.7 Å². The lowest BCUT2D eigenvalue weighted by Crippen LogP contribution is -2.23. The van der Waals surface area contributed by atoms with Gasteiger partial charge in [-0.25, -0.2) is 4.98 Å². The van der Waals surface area contributed by atoms with Crippen molar-refractivity contribution in [3.8, 4) is 0 Å². The molecule has 2 aromatic rings. The molecule has 1 heterocycles. The number of imidazole rings is 1. The molecule has 0 spiro atoms. The van der Waals surface area contributed by atoms with Gasteiger partial charge < -0.3 is 10.3 Å². The number of aromatic nitrogens is 2. The van der Waals surface area contributed by atoms with Gasteiger partial charge in [-0.15, -0.1) is 0 Å². The Labute approximate surface area is 121 Å². The standard InChI is InChI=1S/C17H25N3/c1-3-10-20-15-7-6-13(12-18)11-14(15)19-16(20)17(2)8-4-5-9-17/h6-7,11H,3-5,8-10,12,18H2,1-2H3. The van der Waals surface area contributed by atoms with Gasteiger partial charge in [0, 0.05) is 18.5 Å². The lowest BCUT2D eigenvalue weighted by molar-refractivity contribution is 0.433. The van der Waals surface area contributed by atoms with Gasteiger partial charge in [0.2, 0.25) is 0 Å². The lowest BCUT2D eigenvalue weighted by Gasteiger charge is -2.24. The quantitative estimate of drug-likeness (QED) is 0.920. The van der Waals surface area contributed by atoms with Gasteiger partial charge in [-0.1, -0.05) is 32.8 Å². The molecule has 0 saturated heterocycles. The average Bonchev–Trinajstić information content (AvgIpc) is 3.04. The third kappa shape index (κ3) is 2.14. The molecule has 1 aliphatic carbocycles. The first-order valence-electron chi connectivity index (χ1n) is 7.87.